The van der Waals surface area contributed by atoms with E-state index in [0.29, 0.717) is 24.3 Å². The monoisotopic (exact) mass is 293 g/mol. The average molecular weight is 293 g/mol. The van der Waals surface area contributed by atoms with Crippen molar-refractivity contribution in [3.63, 3.8) is 0 Å². The number of unbranched alkanes of at least 4 members (excludes halogenated alkanes) is 1. The molecule has 0 unspecified atom stereocenters. The van der Waals surface area contributed by atoms with E-state index in [2.05, 4.69) is 15.6 Å². The van der Waals surface area contributed by atoms with Gasteiger partial charge in [-0.3, -0.25) is 4.79 Å². The van der Waals surface area contributed by atoms with Crippen LogP contribution in [0.2, 0.25) is 0 Å². The lowest BCUT2D eigenvalue weighted by molar-refractivity contribution is -0.138. The Hall–Kier alpha value is -2.11. The predicted molar refractivity (Wildman–Crippen MR) is 81.4 cm³/mol. The van der Waals surface area contributed by atoms with Crippen molar-refractivity contribution in [2.75, 3.05) is 11.9 Å². The second-order valence-corrected chi connectivity index (χ2v) is 4.87. The fraction of sp³-hybridized carbons (Fsp3) is 0.533. The molecule has 116 valence electrons. The van der Waals surface area contributed by atoms with Crippen LogP contribution < -0.4 is 10.6 Å². The molecule has 0 bridgehead atoms. The maximum atomic E-state index is 11.7. The molecule has 1 rings (SSSR count). The first-order chi connectivity index (χ1) is 10.1. The van der Waals surface area contributed by atoms with E-state index in [-0.39, 0.29) is 5.91 Å². The first-order valence-corrected chi connectivity index (χ1v) is 7.32. The Balaban J connectivity index is 2.64. The largest absolute Gasteiger partial charge is 0.480 e. The zero-order valence-electron chi connectivity index (χ0n) is 12.6. The number of hydrogen-bond donors (Lipinski definition) is 3. The highest BCUT2D eigenvalue weighted by atomic mass is 16.4. The van der Waals surface area contributed by atoms with Crippen molar-refractivity contribution in [3.8, 4) is 0 Å². The van der Waals surface area contributed by atoms with E-state index in [9.17, 15) is 9.59 Å². The van der Waals surface area contributed by atoms with Gasteiger partial charge in [0.05, 0.1) is 5.56 Å². The van der Waals surface area contributed by atoms with E-state index in [4.69, 9.17) is 5.11 Å². The number of aromatic nitrogens is 1. The number of carboxylic acids is 1. The van der Waals surface area contributed by atoms with Gasteiger partial charge in [0, 0.05) is 12.7 Å². The number of nitrogens with zero attached hydrogens (tertiary/aromatic N) is 1. The van der Waals surface area contributed by atoms with Crippen LogP contribution in [0.15, 0.2) is 18.3 Å². The summed E-state index contributed by atoms with van der Waals surface area (Å²) in [4.78, 5) is 27.0. The van der Waals surface area contributed by atoms with Crippen LogP contribution in [0.5, 0.6) is 0 Å². The summed E-state index contributed by atoms with van der Waals surface area (Å²) < 4.78 is 0. The van der Waals surface area contributed by atoms with Crippen molar-refractivity contribution < 1.29 is 14.7 Å². The van der Waals surface area contributed by atoms with Gasteiger partial charge in [-0.25, -0.2) is 9.78 Å². The summed E-state index contributed by atoms with van der Waals surface area (Å²) in [6, 6.07) is 2.61. The fourth-order valence-corrected chi connectivity index (χ4v) is 1.80. The molecule has 0 radical (unpaired) electrons. The minimum absolute atomic E-state index is 0.170. The topological polar surface area (TPSA) is 91.3 Å². The highest BCUT2D eigenvalue weighted by Crippen LogP contribution is 2.10. The number of hydrogen-bond acceptors (Lipinski definition) is 4. The summed E-state index contributed by atoms with van der Waals surface area (Å²) in [6.45, 7) is 4.62. The van der Waals surface area contributed by atoms with Crippen LogP contribution in [0, 0.1) is 0 Å². The standard InChI is InChI=1S/C15H23N3O3/c1-3-5-6-12(15(20)21)18-13-8-7-11(10-17-13)14(19)16-9-4-2/h7-8,10,12H,3-6,9H2,1-2H3,(H,16,19)(H,17,18)(H,20,21)/t12-/m0/s1. The fourth-order valence-electron chi connectivity index (χ4n) is 1.80. The van der Waals surface area contributed by atoms with Crippen LogP contribution in [0.4, 0.5) is 5.82 Å². The SMILES string of the molecule is CCCC[C@H](Nc1ccc(C(=O)NCCC)cn1)C(=O)O. The van der Waals surface area contributed by atoms with Crippen LogP contribution in [0.25, 0.3) is 0 Å². The Bertz CT molecular complexity index is 460. The van der Waals surface area contributed by atoms with Crippen molar-refractivity contribution >= 4 is 17.7 Å². The molecule has 21 heavy (non-hydrogen) atoms. The predicted octanol–water partition coefficient (Wildman–Crippen LogP) is 2.28. The van der Waals surface area contributed by atoms with E-state index in [1.807, 2.05) is 13.8 Å². The zero-order valence-corrected chi connectivity index (χ0v) is 12.6. The van der Waals surface area contributed by atoms with E-state index in [1.54, 1.807) is 12.1 Å². The maximum Gasteiger partial charge on any atom is 0.326 e. The molecule has 1 atom stereocenters. The number of amides is 1. The van der Waals surface area contributed by atoms with Gasteiger partial charge in [0.2, 0.25) is 0 Å². The minimum atomic E-state index is -0.894. The van der Waals surface area contributed by atoms with Crippen molar-refractivity contribution in [1.29, 1.82) is 0 Å². The molecular weight excluding hydrogens is 270 g/mol. The number of aliphatic carboxylic acids is 1. The maximum absolute atomic E-state index is 11.7. The van der Waals surface area contributed by atoms with Gasteiger partial charge < -0.3 is 15.7 Å². The summed E-state index contributed by atoms with van der Waals surface area (Å²) in [7, 11) is 0. The zero-order chi connectivity index (χ0) is 15.7. The van der Waals surface area contributed by atoms with Gasteiger partial charge in [0.1, 0.15) is 11.9 Å². The summed E-state index contributed by atoms with van der Waals surface area (Å²) in [5.74, 6) is -0.600. The highest BCUT2D eigenvalue weighted by molar-refractivity contribution is 5.94. The number of nitrogens with one attached hydrogen (secondary N) is 2. The van der Waals surface area contributed by atoms with Gasteiger partial charge in [-0.15, -0.1) is 0 Å². The Morgan fingerprint density at radius 2 is 2.05 bits per heavy atom. The molecule has 0 aromatic carbocycles. The molecule has 0 fully saturated rings. The normalized spacial score (nSPS) is 11.7. The molecular formula is C15H23N3O3. The Morgan fingerprint density at radius 3 is 2.57 bits per heavy atom. The third-order valence-corrected chi connectivity index (χ3v) is 3.03. The molecule has 0 spiro atoms. The van der Waals surface area contributed by atoms with Gasteiger partial charge in [0.25, 0.3) is 5.91 Å². The number of pyridine rings is 1. The molecule has 1 heterocycles. The molecule has 0 aliphatic rings. The molecule has 1 aromatic rings. The third-order valence-electron chi connectivity index (χ3n) is 3.03. The van der Waals surface area contributed by atoms with Crippen LogP contribution >= 0.6 is 0 Å². The number of carbonyl (C=O) groups is 2. The quantitative estimate of drug-likeness (QED) is 0.649. The van der Waals surface area contributed by atoms with Gasteiger partial charge in [0.15, 0.2) is 0 Å². The average Bonchev–Trinajstić information content (AvgIpc) is 2.49. The Kier molecular flexibility index (Phi) is 7.21. The molecule has 6 nitrogen and oxygen atoms in total. The Labute approximate surface area is 125 Å². The lowest BCUT2D eigenvalue weighted by Crippen LogP contribution is -2.29. The van der Waals surface area contributed by atoms with Crippen molar-refractivity contribution in [3.05, 3.63) is 23.9 Å². The molecule has 0 saturated carbocycles. The van der Waals surface area contributed by atoms with Gasteiger partial charge in [-0.1, -0.05) is 26.7 Å². The number of anilines is 1. The number of carbonyl (C=O) groups excluding carboxylic acids is 1. The summed E-state index contributed by atoms with van der Waals surface area (Å²) in [6.07, 6.45) is 4.64. The van der Waals surface area contributed by atoms with E-state index in [0.717, 1.165) is 19.3 Å². The molecule has 3 N–H and O–H groups in total. The second-order valence-electron chi connectivity index (χ2n) is 4.87. The van der Waals surface area contributed by atoms with Crippen LogP contribution in [-0.4, -0.2) is 34.6 Å². The van der Waals surface area contributed by atoms with Crippen LogP contribution in [0.3, 0.4) is 0 Å². The van der Waals surface area contributed by atoms with Crippen molar-refractivity contribution in [2.24, 2.45) is 0 Å². The van der Waals surface area contributed by atoms with E-state index < -0.39 is 12.0 Å². The Morgan fingerprint density at radius 1 is 1.29 bits per heavy atom. The van der Waals surface area contributed by atoms with Crippen LogP contribution in [-0.2, 0) is 4.79 Å². The number of rotatable bonds is 9. The van der Waals surface area contributed by atoms with Crippen molar-refractivity contribution in [2.45, 2.75) is 45.6 Å². The van der Waals surface area contributed by atoms with Gasteiger partial charge >= 0.3 is 5.97 Å². The lowest BCUT2D eigenvalue weighted by Gasteiger charge is -2.14. The molecule has 0 aliphatic heterocycles. The van der Waals surface area contributed by atoms with Gasteiger partial charge in [-0.05, 0) is 25.0 Å². The minimum Gasteiger partial charge on any atom is -0.480 e. The first kappa shape index (κ1) is 16.9. The van der Waals surface area contributed by atoms with E-state index >= 15 is 0 Å². The summed E-state index contributed by atoms with van der Waals surface area (Å²) >= 11 is 0. The third kappa shape index (κ3) is 5.81. The van der Waals surface area contributed by atoms with Gasteiger partial charge in [-0.2, -0.15) is 0 Å². The van der Waals surface area contributed by atoms with E-state index in [1.165, 1.54) is 6.20 Å². The second kappa shape index (κ2) is 8.94. The van der Waals surface area contributed by atoms with Crippen molar-refractivity contribution in [1.82, 2.24) is 10.3 Å². The molecule has 0 saturated heterocycles. The summed E-state index contributed by atoms with van der Waals surface area (Å²) in [5, 5.41) is 14.8. The summed E-state index contributed by atoms with van der Waals surface area (Å²) in [5.41, 5.74) is 0.467. The molecule has 1 amide bonds. The van der Waals surface area contributed by atoms with Crippen LogP contribution in [0.1, 0.15) is 49.9 Å². The molecule has 6 heteroatoms. The molecule has 1 aromatic heterocycles. The smallest absolute Gasteiger partial charge is 0.326 e. The lowest BCUT2D eigenvalue weighted by atomic mass is 10.1. The first-order valence-electron chi connectivity index (χ1n) is 7.32. The number of carboxylic acid groups (broad SMARTS) is 1. The molecule has 0 aliphatic carbocycles. The highest BCUT2D eigenvalue weighted by Gasteiger charge is 2.17.